The molecule has 0 bridgehead atoms. The normalized spacial score (nSPS) is 14.8. The van der Waals surface area contributed by atoms with Crippen molar-refractivity contribution >= 4 is 5.88 Å². The molecule has 0 radical (unpaired) electrons. The van der Waals surface area contributed by atoms with Crippen LogP contribution in [0.5, 0.6) is 0 Å². The molecule has 1 aromatic heterocycles. The highest BCUT2D eigenvalue weighted by molar-refractivity contribution is 5.72. The lowest BCUT2D eigenvalue weighted by atomic mass is 9.89. The van der Waals surface area contributed by atoms with Crippen LogP contribution in [0, 0.1) is 0 Å². The van der Waals surface area contributed by atoms with Gasteiger partial charge in [0, 0.05) is 0 Å². The molecule has 0 amide bonds. The predicted octanol–water partition coefficient (Wildman–Crippen LogP) is 2.80. The Morgan fingerprint density at radius 2 is 1.94 bits per heavy atom. The SMILES string of the molecule is Nc1oncc1-c1ccc2c(c1)CCCC2. The molecule has 3 nitrogen and oxygen atoms in total. The predicted molar refractivity (Wildman–Crippen MR) is 63.0 cm³/mol. The van der Waals surface area contributed by atoms with Gasteiger partial charge in [0.25, 0.3) is 0 Å². The smallest absolute Gasteiger partial charge is 0.229 e. The molecule has 1 heterocycles. The Balaban J connectivity index is 2.06. The van der Waals surface area contributed by atoms with Crippen molar-refractivity contribution in [2.45, 2.75) is 25.7 Å². The molecule has 2 N–H and O–H groups in total. The fourth-order valence-corrected chi connectivity index (χ4v) is 2.37. The van der Waals surface area contributed by atoms with Crippen molar-refractivity contribution in [3.8, 4) is 11.1 Å². The number of anilines is 1. The molecule has 1 aliphatic rings. The standard InChI is InChI=1S/C13H14N2O/c14-13-12(8-15-16-13)11-6-5-9-3-1-2-4-10(9)7-11/h5-8H,1-4,14H2. The summed E-state index contributed by atoms with van der Waals surface area (Å²) in [5.41, 5.74) is 10.7. The van der Waals surface area contributed by atoms with E-state index in [0.29, 0.717) is 5.88 Å². The van der Waals surface area contributed by atoms with Gasteiger partial charge in [0.2, 0.25) is 5.88 Å². The number of aryl methyl sites for hydroxylation is 2. The first-order valence-corrected chi connectivity index (χ1v) is 5.67. The van der Waals surface area contributed by atoms with Gasteiger partial charge in [0.15, 0.2) is 0 Å². The van der Waals surface area contributed by atoms with Gasteiger partial charge >= 0.3 is 0 Å². The van der Waals surface area contributed by atoms with Crippen molar-refractivity contribution in [1.29, 1.82) is 0 Å². The zero-order chi connectivity index (χ0) is 11.0. The molecular weight excluding hydrogens is 200 g/mol. The van der Waals surface area contributed by atoms with E-state index in [2.05, 4.69) is 23.4 Å². The number of benzene rings is 1. The van der Waals surface area contributed by atoms with E-state index in [1.165, 1.54) is 36.8 Å². The number of rotatable bonds is 1. The van der Waals surface area contributed by atoms with E-state index in [9.17, 15) is 0 Å². The lowest BCUT2D eigenvalue weighted by Crippen LogP contribution is -2.02. The number of nitrogen functional groups attached to an aromatic ring is 1. The van der Waals surface area contributed by atoms with E-state index in [4.69, 9.17) is 10.3 Å². The van der Waals surface area contributed by atoms with Crippen LogP contribution in [0.3, 0.4) is 0 Å². The number of fused-ring (bicyclic) bond motifs is 1. The van der Waals surface area contributed by atoms with E-state index in [1.54, 1.807) is 6.20 Å². The third-order valence-electron chi connectivity index (χ3n) is 3.26. The highest BCUT2D eigenvalue weighted by Crippen LogP contribution is 2.30. The topological polar surface area (TPSA) is 52.0 Å². The summed E-state index contributed by atoms with van der Waals surface area (Å²) in [7, 11) is 0. The number of hydrogen-bond donors (Lipinski definition) is 1. The average molecular weight is 214 g/mol. The van der Waals surface area contributed by atoms with Gasteiger partial charge in [-0.15, -0.1) is 0 Å². The minimum Gasteiger partial charge on any atom is -0.367 e. The third kappa shape index (κ3) is 1.48. The molecule has 1 aliphatic carbocycles. The van der Waals surface area contributed by atoms with Crippen molar-refractivity contribution in [1.82, 2.24) is 5.16 Å². The van der Waals surface area contributed by atoms with Gasteiger partial charge in [-0.3, -0.25) is 0 Å². The first kappa shape index (κ1) is 9.46. The molecule has 16 heavy (non-hydrogen) atoms. The molecule has 0 unspecified atom stereocenters. The van der Waals surface area contributed by atoms with Crippen molar-refractivity contribution in [3.63, 3.8) is 0 Å². The summed E-state index contributed by atoms with van der Waals surface area (Å²) in [5, 5.41) is 3.71. The number of nitrogens with zero attached hydrogens (tertiary/aromatic N) is 1. The monoisotopic (exact) mass is 214 g/mol. The second-order valence-corrected chi connectivity index (χ2v) is 4.29. The van der Waals surface area contributed by atoms with Crippen LogP contribution in [0.15, 0.2) is 28.9 Å². The summed E-state index contributed by atoms with van der Waals surface area (Å²) in [5.74, 6) is 0.399. The summed E-state index contributed by atoms with van der Waals surface area (Å²) in [6, 6.07) is 6.53. The van der Waals surface area contributed by atoms with E-state index >= 15 is 0 Å². The van der Waals surface area contributed by atoms with Crippen LogP contribution in [0.1, 0.15) is 24.0 Å². The van der Waals surface area contributed by atoms with Gasteiger partial charge in [0.1, 0.15) is 0 Å². The Hall–Kier alpha value is -1.77. The van der Waals surface area contributed by atoms with Crippen LogP contribution in [-0.4, -0.2) is 5.16 Å². The molecule has 0 atom stereocenters. The second kappa shape index (κ2) is 3.67. The summed E-state index contributed by atoms with van der Waals surface area (Å²) < 4.78 is 4.89. The molecule has 3 rings (SSSR count). The molecule has 82 valence electrons. The lowest BCUT2D eigenvalue weighted by Gasteiger charge is -2.16. The summed E-state index contributed by atoms with van der Waals surface area (Å²) in [6.07, 6.45) is 6.65. The van der Waals surface area contributed by atoms with E-state index in [-0.39, 0.29) is 0 Å². The number of aromatic nitrogens is 1. The Bertz CT molecular complexity index is 516. The maximum absolute atomic E-state index is 5.72. The van der Waals surface area contributed by atoms with Crippen LogP contribution in [0.25, 0.3) is 11.1 Å². The van der Waals surface area contributed by atoms with Crippen LogP contribution >= 0.6 is 0 Å². The van der Waals surface area contributed by atoms with Crippen molar-refractivity contribution in [3.05, 3.63) is 35.5 Å². The molecule has 0 spiro atoms. The summed E-state index contributed by atoms with van der Waals surface area (Å²) in [6.45, 7) is 0. The van der Waals surface area contributed by atoms with E-state index < -0.39 is 0 Å². The zero-order valence-corrected chi connectivity index (χ0v) is 9.07. The Kier molecular flexibility index (Phi) is 2.17. The van der Waals surface area contributed by atoms with Crippen LogP contribution in [0.4, 0.5) is 5.88 Å². The zero-order valence-electron chi connectivity index (χ0n) is 9.07. The number of hydrogen-bond acceptors (Lipinski definition) is 3. The van der Waals surface area contributed by atoms with E-state index in [0.717, 1.165) is 11.1 Å². The molecule has 2 aromatic rings. The molecule has 1 aromatic carbocycles. The summed E-state index contributed by atoms with van der Waals surface area (Å²) in [4.78, 5) is 0. The van der Waals surface area contributed by atoms with Gasteiger partial charge < -0.3 is 10.3 Å². The maximum Gasteiger partial charge on any atom is 0.229 e. The van der Waals surface area contributed by atoms with Crippen LogP contribution in [-0.2, 0) is 12.8 Å². The third-order valence-corrected chi connectivity index (χ3v) is 3.26. The van der Waals surface area contributed by atoms with Crippen LogP contribution in [0.2, 0.25) is 0 Å². The van der Waals surface area contributed by atoms with Gasteiger partial charge in [-0.05, 0) is 42.4 Å². The minimum atomic E-state index is 0.399. The molecule has 0 saturated heterocycles. The largest absolute Gasteiger partial charge is 0.367 e. The quantitative estimate of drug-likeness (QED) is 0.794. The Morgan fingerprint density at radius 1 is 1.12 bits per heavy atom. The van der Waals surface area contributed by atoms with Crippen molar-refractivity contribution < 1.29 is 4.52 Å². The second-order valence-electron chi connectivity index (χ2n) is 4.29. The minimum absolute atomic E-state index is 0.399. The Labute approximate surface area is 94.2 Å². The molecule has 3 heteroatoms. The number of nitrogens with two attached hydrogens (primary N) is 1. The average Bonchev–Trinajstić information content (AvgIpc) is 2.75. The fourth-order valence-electron chi connectivity index (χ4n) is 2.37. The maximum atomic E-state index is 5.72. The van der Waals surface area contributed by atoms with Gasteiger partial charge in [0.05, 0.1) is 11.8 Å². The van der Waals surface area contributed by atoms with Crippen molar-refractivity contribution in [2.24, 2.45) is 0 Å². The van der Waals surface area contributed by atoms with Gasteiger partial charge in [-0.1, -0.05) is 23.4 Å². The first-order chi connectivity index (χ1) is 7.84. The highest BCUT2D eigenvalue weighted by Gasteiger charge is 2.12. The molecule has 0 saturated carbocycles. The van der Waals surface area contributed by atoms with Gasteiger partial charge in [-0.25, -0.2) is 0 Å². The lowest BCUT2D eigenvalue weighted by molar-refractivity contribution is 0.436. The van der Waals surface area contributed by atoms with Crippen molar-refractivity contribution in [2.75, 3.05) is 5.73 Å². The molecular formula is C13H14N2O. The van der Waals surface area contributed by atoms with Gasteiger partial charge in [-0.2, -0.15) is 0 Å². The fraction of sp³-hybridized carbons (Fsp3) is 0.308. The van der Waals surface area contributed by atoms with Crippen LogP contribution < -0.4 is 5.73 Å². The Morgan fingerprint density at radius 3 is 2.69 bits per heavy atom. The molecule has 0 aliphatic heterocycles. The first-order valence-electron chi connectivity index (χ1n) is 5.67. The highest BCUT2D eigenvalue weighted by atomic mass is 16.5. The summed E-state index contributed by atoms with van der Waals surface area (Å²) >= 11 is 0. The van der Waals surface area contributed by atoms with E-state index in [1.807, 2.05) is 0 Å². The molecule has 0 fully saturated rings.